The van der Waals surface area contributed by atoms with Crippen LogP contribution in [0.2, 0.25) is 5.15 Å². The Bertz CT molecular complexity index is 482. The van der Waals surface area contributed by atoms with Crippen molar-refractivity contribution in [3.63, 3.8) is 0 Å². The number of rotatable bonds is 3. The zero-order chi connectivity index (χ0) is 11.4. The minimum atomic E-state index is 0.274. The van der Waals surface area contributed by atoms with Crippen LogP contribution in [0.15, 0.2) is 35.0 Å². The molecule has 0 N–H and O–H groups in total. The molecule has 0 amide bonds. The fourth-order valence-electron chi connectivity index (χ4n) is 1.01. The molecule has 0 aliphatic carbocycles. The van der Waals surface area contributed by atoms with E-state index in [2.05, 4.69) is 19.9 Å². The number of aromatic nitrogens is 4. The SMILES string of the molecule is COc1c(Cl)ncnc1Sc1ncccn1. The van der Waals surface area contributed by atoms with Crippen molar-refractivity contribution in [2.75, 3.05) is 7.11 Å². The zero-order valence-corrected chi connectivity index (χ0v) is 9.87. The highest BCUT2D eigenvalue weighted by Crippen LogP contribution is 2.34. The first-order valence-electron chi connectivity index (χ1n) is 4.30. The van der Waals surface area contributed by atoms with Crippen molar-refractivity contribution in [2.24, 2.45) is 0 Å². The minimum Gasteiger partial charge on any atom is -0.491 e. The van der Waals surface area contributed by atoms with Crippen molar-refractivity contribution in [3.8, 4) is 5.75 Å². The van der Waals surface area contributed by atoms with Gasteiger partial charge in [0.25, 0.3) is 0 Å². The van der Waals surface area contributed by atoms with Crippen LogP contribution in [0.1, 0.15) is 0 Å². The van der Waals surface area contributed by atoms with Gasteiger partial charge < -0.3 is 4.74 Å². The third-order valence-electron chi connectivity index (χ3n) is 1.66. The molecule has 5 nitrogen and oxygen atoms in total. The summed E-state index contributed by atoms with van der Waals surface area (Å²) in [5.74, 6) is 0.432. The molecule has 0 aliphatic rings. The summed E-state index contributed by atoms with van der Waals surface area (Å²) in [6.07, 6.45) is 4.69. The average Bonchev–Trinajstić information content (AvgIpc) is 2.31. The van der Waals surface area contributed by atoms with E-state index in [1.807, 2.05) is 0 Å². The second kappa shape index (κ2) is 5.09. The summed E-state index contributed by atoms with van der Waals surface area (Å²) >= 11 is 7.14. The van der Waals surface area contributed by atoms with Gasteiger partial charge in [0.1, 0.15) is 6.33 Å². The van der Waals surface area contributed by atoms with Gasteiger partial charge in [-0.25, -0.2) is 19.9 Å². The number of methoxy groups -OCH3 is 1. The van der Waals surface area contributed by atoms with Gasteiger partial charge in [-0.1, -0.05) is 11.6 Å². The Morgan fingerprint density at radius 2 is 1.94 bits per heavy atom. The number of hydrogen-bond acceptors (Lipinski definition) is 6. The second-order valence-electron chi connectivity index (χ2n) is 2.64. The first-order chi connectivity index (χ1) is 7.81. The smallest absolute Gasteiger partial charge is 0.193 e. The van der Waals surface area contributed by atoms with Gasteiger partial charge in [-0.05, 0) is 17.8 Å². The van der Waals surface area contributed by atoms with Crippen molar-refractivity contribution in [1.82, 2.24) is 19.9 Å². The Kier molecular flexibility index (Phi) is 3.53. The van der Waals surface area contributed by atoms with Crippen LogP contribution in [0.25, 0.3) is 0 Å². The number of hydrogen-bond donors (Lipinski definition) is 0. The van der Waals surface area contributed by atoms with E-state index in [-0.39, 0.29) is 5.15 Å². The van der Waals surface area contributed by atoms with Crippen LogP contribution in [0.4, 0.5) is 0 Å². The van der Waals surface area contributed by atoms with E-state index >= 15 is 0 Å². The first-order valence-corrected chi connectivity index (χ1v) is 5.50. The van der Waals surface area contributed by atoms with Gasteiger partial charge in [0.2, 0.25) is 0 Å². The third kappa shape index (κ3) is 2.40. The van der Waals surface area contributed by atoms with Crippen LogP contribution in [0.5, 0.6) is 5.75 Å². The summed E-state index contributed by atoms with van der Waals surface area (Å²) < 4.78 is 5.11. The van der Waals surface area contributed by atoms with E-state index in [4.69, 9.17) is 16.3 Å². The lowest BCUT2D eigenvalue weighted by molar-refractivity contribution is 0.398. The van der Waals surface area contributed by atoms with E-state index in [1.165, 1.54) is 25.2 Å². The summed E-state index contributed by atoms with van der Waals surface area (Å²) in [7, 11) is 1.51. The van der Waals surface area contributed by atoms with Crippen LogP contribution < -0.4 is 4.74 Å². The summed E-state index contributed by atoms with van der Waals surface area (Å²) in [5, 5.41) is 1.44. The lowest BCUT2D eigenvalue weighted by Crippen LogP contribution is -1.94. The molecular weight excluding hydrogens is 248 g/mol. The molecule has 0 aromatic carbocycles. The Morgan fingerprint density at radius 3 is 2.62 bits per heavy atom. The third-order valence-corrected chi connectivity index (χ3v) is 2.81. The molecule has 2 aromatic rings. The highest BCUT2D eigenvalue weighted by atomic mass is 35.5. The maximum Gasteiger partial charge on any atom is 0.193 e. The molecule has 0 spiro atoms. The van der Waals surface area contributed by atoms with Gasteiger partial charge in [0.15, 0.2) is 21.1 Å². The topological polar surface area (TPSA) is 60.8 Å². The number of ether oxygens (including phenoxy) is 1. The highest BCUT2D eigenvalue weighted by Gasteiger charge is 2.12. The van der Waals surface area contributed by atoms with Crippen molar-refractivity contribution < 1.29 is 4.74 Å². The zero-order valence-electron chi connectivity index (χ0n) is 8.29. The van der Waals surface area contributed by atoms with Gasteiger partial charge in [0, 0.05) is 12.4 Å². The van der Waals surface area contributed by atoms with E-state index in [0.29, 0.717) is 15.9 Å². The van der Waals surface area contributed by atoms with Crippen LogP contribution in [0.3, 0.4) is 0 Å². The van der Waals surface area contributed by atoms with Gasteiger partial charge in [0.05, 0.1) is 7.11 Å². The largest absolute Gasteiger partial charge is 0.491 e. The van der Waals surface area contributed by atoms with E-state index in [1.54, 1.807) is 18.5 Å². The van der Waals surface area contributed by atoms with Crippen LogP contribution >= 0.6 is 23.4 Å². The lowest BCUT2D eigenvalue weighted by atomic mass is 10.6. The molecule has 16 heavy (non-hydrogen) atoms. The van der Waals surface area contributed by atoms with Crippen LogP contribution in [-0.4, -0.2) is 27.0 Å². The van der Waals surface area contributed by atoms with Gasteiger partial charge in [-0.15, -0.1) is 0 Å². The molecule has 2 heterocycles. The summed E-state index contributed by atoms with van der Waals surface area (Å²) in [6, 6.07) is 1.74. The summed E-state index contributed by atoms with van der Waals surface area (Å²) in [5.41, 5.74) is 0. The van der Waals surface area contributed by atoms with Crippen molar-refractivity contribution in [3.05, 3.63) is 29.9 Å². The fourth-order valence-corrected chi connectivity index (χ4v) is 2.05. The van der Waals surface area contributed by atoms with Gasteiger partial charge in [-0.3, -0.25) is 0 Å². The lowest BCUT2D eigenvalue weighted by Gasteiger charge is -2.06. The fraction of sp³-hybridized carbons (Fsp3) is 0.111. The first kappa shape index (κ1) is 11.1. The molecule has 0 fully saturated rings. The van der Waals surface area contributed by atoms with Crippen molar-refractivity contribution >= 4 is 23.4 Å². The van der Waals surface area contributed by atoms with Crippen LogP contribution in [-0.2, 0) is 0 Å². The minimum absolute atomic E-state index is 0.274. The monoisotopic (exact) mass is 254 g/mol. The van der Waals surface area contributed by atoms with Gasteiger partial charge in [-0.2, -0.15) is 0 Å². The normalized spacial score (nSPS) is 10.1. The number of nitrogens with zero attached hydrogens (tertiary/aromatic N) is 4. The molecule has 0 aliphatic heterocycles. The highest BCUT2D eigenvalue weighted by molar-refractivity contribution is 7.99. The molecule has 0 saturated carbocycles. The molecule has 0 unspecified atom stereocenters. The molecule has 0 saturated heterocycles. The molecule has 0 bridgehead atoms. The Morgan fingerprint density at radius 1 is 1.19 bits per heavy atom. The Hall–Kier alpha value is -1.40. The van der Waals surface area contributed by atoms with Crippen LogP contribution in [0, 0.1) is 0 Å². The number of halogens is 1. The van der Waals surface area contributed by atoms with E-state index < -0.39 is 0 Å². The molecule has 0 radical (unpaired) electrons. The Balaban J connectivity index is 2.31. The quantitative estimate of drug-likeness (QED) is 0.617. The average molecular weight is 255 g/mol. The van der Waals surface area contributed by atoms with E-state index in [0.717, 1.165) is 0 Å². The van der Waals surface area contributed by atoms with E-state index in [9.17, 15) is 0 Å². The molecule has 2 rings (SSSR count). The summed E-state index contributed by atoms with van der Waals surface area (Å²) in [4.78, 5) is 16.0. The molecule has 0 atom stereocenters. The maximum absolute atomic E-state index is 5.87. The molecule has 82 valence electrons. The second-order valence-corrected chi connectivity index (χ2v) is 3.95. The van der Waals surface area contributed by atoms with Gasteiger partial charge >= 0.3 is 0 Å². The van der Waals surface area contributed by atoms with Crippen molar-refractivity contribution in [1.29, 1.82) is 0 Å². The molecule has 2 aromatic heterocycles. The Labute approximate surface area is 101 Å². The predicted octanol–water partition coefficient (Wildman–Crippen LogP) is 2.08. The standard InChI is InChI=1S/C9H7ClN4OS/c1-15-6-7(10)13-5-14-8(6)16-9-11-3-2-4-12-9/h2-5H,1H3. The molecular formula is C9H7ClN4OS. The maximum atomic E-state index is 5.87. The molecule has 7 heteroatoms. The van der Waals surface area contributed by atoms with Crippen molar-refractivity contribution in [2.45, 2.75) is 10.2 Å². The summed E-state index contributed by atoms with van der Waals surface area (Å²) in [6.45, 7) is 0. The predicted molar refractivity (Wildman–Crippen MR) is 59.7 cm³/mol.